The van der Waals surface area contributed by atoms with Crippen LogP contribution >= 0.6 is 0 Å². The van der Waals surface area contributed by atoms with E-state index in [0.717, 1.165) is 23.7 Å². The van der Waals surface area contributed by atoms with E-state index in [1.165, 1.54) is 19.3 Å². The number of H-pyrrole nitrogens is 1. The van der Waals surface area contributed by atoms with Gasteiger partial charge in [-0.2, -0.15) is 0 Å². The molecule has 3 heterocycles. The average Bonchev–Trinajstić information content (AvgIpc) is 3.40. The lowest BCUT2D eigenvalue weighted by molar-refractivity contribution is -0.132. The third-order valence-corrected chi connectivity index (χ3v) is 6.81. The van der Waals surface area contributed by atoms with Gasteiger partial charge >= 0.3 is 0 Å². The maximum Gasteiger partial charge on any atom is 0.270 e. The highest BCUT2D eigenvalue weighted by Crippen LogP contribution is 2.42. The fourth-order valence-corrected chi connectivity index (χ4v) is 5.15. The summed E-state index contributed by atoms with van der Waals surface area (Å²) in [5.41, 5.74) is 0.947. The van der Waals surface area contributed by atoms with E-state index in [1.807, 2.05) is 35.2 Å². The Morgan fingerprint density at radius 2 is 2.00 bits per heavy atom. The number of para-hydroxylation sites is 1. The summed E-state index contributed by atoms with van der Waals surface area (Å²) in [6.45, 7) is 1.97. The van der Waals surface area contributed by atoms with Crippen LogP contribution in [0.1, 0.15) is 42.6 Å². The molecule has 5 rings (SSSR count). The first-order valence-electron chi connectivity index (χ1n) is 10.4. The van der Waals surface area contributed by atoms with Crippen LogP contribution in [0.5, 0.6) is 0 Å². The molecule has 148 valence electrons. The Hall–Kier alpha value is -2.34. The lowest BCUT2D eigenvalue weighted by atomic mass is 9.79. The number of benzene rings is 1. The first-order chi connectivity index (χ1) is 13.7. The number of fused-ring (bicyclic) bond motifs is 2. The molecule has 0 bridgehead atoms. The minimum atomic E-state index is -0.598. The number of nitrogens with zero attached hydrogens (tertiary/aromatic N) is 1. The van der Waals surface area contributed by atoms with Gasteiger partial charge in [0.1, 0.15) is 5.69 Å². The number of hydrogen-bond donors (Lipinski definition) is 2. The minimum Gasteiger partial charge on any atom is -0.380 e. The first kappa shape index (κ1) is 17.7. The number of likely N-dealkylation sites (tertiary alicyclic amines) is 1. The quantitative estimate of drug-likeness (QED) is 0.858. The van der Waals surface area contributed by atoms with E-state index in [0.29, 0.717) is 32.0 Å². The van der Waals surface area contributed by atoms with Gasteiger partial charge in [-0.3, -0.25) is 9.59 Å². The van der Waals surface area contributed by atoms with E-state index in [9.17, 15) is 9.59 Å². The molecule has 0 radical (unpaired) electrons. The summed E-state index contributed by atoms with van der Waals surface area (Å²) in [4.78, 5) is 31.4. The van der Waals surface area contributed by atoms with E-state index in [1.54, 1.807) is 0 Å². The van der Waals surface area contributed by atoms with Crippen molar-refractivity contribution in [2.24, 2.45) is 11.3 Å². The number of aromatic amines is 1. The number of rotatable bonds is 3. The van der Waals surface area contributed by atoms with Crippen LogP contribution in [0, 0.1) is 11.3 Å². The van der Waals surface area contributed by atoms with Crippen molar-refractivity contribution in [2.45, 2.75) is 38.1 Å². The van der Waals surface area contributed by atoms with Crippen molar-refractivity contribution in [3.63, 3.8) is 0 Å². The Bertz CT molecular complexity index is 868. The van der Waals surface area contributed by atoms with Gasteiger partial charge in [0.05, 0.1) is 18.6 Å². The molecule has 2 atom stereocenters. The Labute approximate surface area is 164 Å². The zero-order valence-electron chi connectivity index (χ0n) is 16.1. The van der Waals surface area contributed by atoms with Crippen molar-refractivity contribution < 1.29 is 14.3 Å². The lowest BCUT2D eigenvalue weighted by Crippen LogP contribution is -2.50. The van der Waals surface area contributed by atoms with Crippen LogP contribution in [0.25, 0.3) is 10.9 Å². The van der Waals surface area contributed by atoms with Crippen molar-refractivity contribution in [3.8, 4) is 0 Å². The highest BCUT2D eigenvalue weighted by atomic mass is 16.5. The third kappa shape index (κ3) is 2.91. The second-order valence-corrected chi connectivity index (χ2v) is 8.63. The SMILES string of the molecule is O=C(c1cc2ccccc2[nH]1)N1C[C@@H]2COC[C@]2(C(=O)NC2CCCCC2)C1. The summed E-state index contributed by atoms with van der Waals surface area (Å²) >= 11 is 0. The molecule has 2 N–H and O–H groups in total. The van der Waals surface area contributed by atoms with Gasteiger partial charge in [0.25, 0.3) is 5.91 Å². The zero-order valence-corrected chi connectivity index (χ0v) is 16.1. The summed E-state index contributed by atoms with van der Waals surface area (Å²) in [6, 6.07) is 10.1. The number of aromatic nitrogens is 1. The van der Waals surface area contributed by atoms with Crippen molar-refractivity contribution in [1.29, 1.82) is 0 Å². The number of carbonyl (C=O) groups excluding carboxylic acids is 2. The summed E-state index contributed by atoms with van der Waals surface area (Å²) in [5, 5.41) is 4.31. The molecule has 6 heteroatoms. The van der Waals surface area contributed by atoms with E-state index >= 15 is 0 Å². The second kappa shape index (κ2) is 6.92. The zero-order chi connectivity index (χ0) is 19.1. The van der Waals surface area contributed by atoms with Crippen LogP contribution in [-0.4, -0.2) is 54.0 Å². The molecule has 1 saturated carbocycles. The monoisotopic (exact) mass is 381 g/mol. The molecule has 6 nitrogen and oxygen atoms in total. The number of amides is 2. The molecule has 2 amide bonds. The van der Waals surface area contributed by atoms with Crippen LogP contribution in [0.2, 0.25) is 0 Å². The molecule has 2 aromatic rings. The molecule has 0 unspecified atom stereocenters. The molecule has 28 heavy (non-hydrogen) atoms. The van der Waals surface area contributed by atoms with Gasteiger partial charge in [0.2, 0.25) is 5.91 Å². The average molecular weight is 381 g/mol. The molecule has 2 saturated heterocycles. The molecule has 1 aromatic heterocycles. The number of nitrogens with one attached hydrogen (secondary N) is 2. The van der Waals surface area contributed by atoms with Gasteiger partial charge in [0, 0.05) is 36.0 Å². The van der Waals surface area contributed by atoms with Crippen LogP contribution in [0.4, 0.5) is 0 Å². The van der Waals surface area contributed by atoms with Crippen LogP contribution in [0.15, 0.2) is 30.3 Å². The summed E-state index contributed by atoms with van der Waals surface area (Å²) in [7, 11) is 0. The number of hydrogen-bond acceptors (Lipinski definition) is 3. The smallest absolute Gasteiger partial charge is 0.270 e. The fourth-order valence-electron chi connectivity index (χ4n) is 5.15. The van der Waals surface area contributed by atoms with Crippen LogP contribution in [0.3, 0.4) is 0 Å². The molecular formula is C22H27N3O3. The Morgan fingerprint density at radius 3 is 2.82 bits per heavy atom. The van der Waals surface area contributed by atoms with Gasteiger partial charge in [-0.25, -0.2) is 0 Å². The predicted octanol–water partition coefficient (Wildman–Crippen LogP) is 2.71. The van der Waals surface area contributed by atoms with Crippen molar-refractivity contribution in [1.82, 2.24) is 15.2 Å². The fraction of sp³-hybridized carbons (Fsp3) is 0.545. The van der Waals surface area contributed by atoms with E-state index < -0.39 is 5.41 Å². The van der Waals surface area contributed by atoms with Gasteiger partial charge in [-0.15, -0.1) is 0 Å². The maximum atomic E-state index is 13.2. The first-order valence-corrected chi connectivity index (χ1v) is 10.4. The Kier molecular flexibility index (Phi) is 4.38. The molecule has 1 aromatic carbocycles. The van der Waals surface area contributed by atoms with E-state index in [2.05, 4.69) is 10.3 Å². The van der Waals surface area contributed by atoms with Gasteiger partial charge in [-0.05, 0) is 25.0 Å². The van der Waals surface area contributed by atoms with Crippen LogP contribution in [-0.2, 0) is 9.53 Å². The molecule has 0 spiro atoms. The lowest BCUT2D eigenvalue weighted by Gasteiger charge is -2.30. The van der Waals surface area contributed by atoms with Crippen LogP contribution < -0.4 is 5.32 Å². The van der Waals surface area contributed by atoms with Crippen molar-refractivity contribution in [3.05, 3.63) is 36.0 Å². The highest BCUT2D eigenvalue weighted by Gasteiger charge is 2.57. The third-order valence-electron chi connectivity index (χ3n) is 6.81. The standard InChI is InChI=1S/C22H27N3O3/c26-20(19-10-15-6-4-5-9-18(15)24-19)25-11-16-12-28-14-22(16,13-25)21(27)23-17-7-2-1-3-8-17/h4-6,9-10,16-17,24H,1-3,7-8,11-14H2,(H,23,27)/t16-,22-/m1/s1. The normalized spacial score (nSPS) is 27.9. The largest absolute Gasteiger partial charge is 0.380 e. The summed E-state index contributed by atoms with van der Waals surface area (Å²) < 4.78 is 5.70. The predicted molar refractivity (Wildman–Crippen MR) is 106 cm³/mol. The molecule has 3 aliphatic rings. The number of ether oxygens (including phenoxy) is 1. The van der Waals surface area contributed by atoms with Crippen molar-refractivity contribution >= 4 is 22.7 Å². The topological polar surface area (TPSA) is 74.4 Å². The molecular weight excluding hydrogens is 354 g/mol. The number of carbonyl (C=O) groups is 2. The van der Waals surface area contributed by atoms with E-state index in [-0.39, 0.29) is 23.8 Å². The van der Waals surface area contributed by atoms with Crippen molar-refractivity contribution in [2.75, 3.05) is 26.3 Å². The van der Waals surface area contributed by atoms with E-state index in [4.69, 9.17) is 4.74 Å². The highest BCUT2D eigenvalue weighted by molar-refractivity contribution is 5.99. The minimum absolute atomic E-state index is 0.0320. The van der Waals surface area contributed by atoms with Gasteiger partial charge in [-0.1, -0.05) is 37.5 Å². The summed E-state index contributed by atoms with van der Waals surface area (Å²) in [5.74, 6) is 0.119. The Morgan fingerprint density at radius 1 is 1.18 bits per heavy atom. The molecule has 1 aliphatic carbocycles. The molecule has 2 aliphatic heterocycles. The maximum absolute atomic E-state index is 13.2. The van der Waals surface area contributed by atoms with Gasteiger partial charge < -0.3 is 19.9 Å². The van der Waals surface area contributed by atoms with Gasteiger partial charge in [0.15, 0.2) is 0 Å². The molecule has 3 fully saturated rings. The Balaban J connectivity index is 1.34. The second-order valence-electron chi connectivity index (χ2n) is 8.63. The summed E-state index contributed by atoms with van der Waals surface area (Å²) in [6.07, 6.45) is 5.75.